The summed E-state index contributed by atoms with van der Waals surface area (Å²) in [6, 6.07) is 10.1. The zero-order valence-electron chi connectivity index (χ0n) is 13.9. The van der Waals surface area contributed by atoms with Crippen LogP contribution >= 0.6 is 11.8 Å². The summed E-state index contributed by atoms with van der Waals surface area (Å²) in [5.41, 5.74) is 3.72. The van der Waals surface area contributed by atoms with Gasteiger partial charge in [-0.3, -0.25) is 0 Å². The van der Waals surface area contributed by atoms with Gasteiger partial charge in [-0.25, -0.2) is 4.79 Å². The van der Waals surface area contributed by atoms with Crippen molar-refractivity contribution in [3.05, 3.63) is 52.0 Å². The first-order chi connectivity index (χ1) is 11.1. The molecule has 0 aliphatic heterocycles. The van der Waals surface area contributed by atoms with E-state index in [0.29, 0.717) is 6.42 Å². The van der Waals surface area contributed by atoms with Crippen LogP contribution in [0.25, 0.3) is 0 Å². The molecule has 0 amide bonds. The standard InChI is InChI=1S/C18H21NO3S/c1-12-10-15(17(19-22-4)18(20)21-3)16(11-13(12)2)23-14-8-6-5-7-9-14/h5-9H,10-11H2,1-4H3/b19-17+. The SMILES string of the molecule is CO/N=C(/C(=O)OC)C1=C(Sc2ccccc2)CC(C)=C(C)C1. The third-order valence-corrected chi connectivity index (χ3v) is 4.91. The fourth-order valence-electron chi connectivity index (χ4n) is 2.36. The fourth-order valence-corrected chi connectivity index (χ4v) is 3.52. The van der Waals surface area contributed by atoms with E-state index in [1.54, 1.807) is 11.8 Å². The number of thioether (sulfide) groups is 1. The summed E-state index contributed by atoms with van der Waals surface area (Å²) in [7, 11) is 2.79. The van der Waals surface area contributed by atoms with Gasteiger partial charge in [0.2, 0.25) is 0 Å². The summed E-state index contributed by atoms with van der Waals surface area (Å²) in [6.45, 7) is 4.21. The summed E-state index contributed by atoms with van der Waals surface area (Å²) in [5.74, 6) is -0.472. The van der Waals surface area contributed by atoms with Crippen molar-refractivity contribution in [1.29, 1.82) is 0 Å². The van der Waals surface area contributed by atoms with Gasteiger partial charge in [0.1, 0.15) is 7.11 Å². The molecular weight excluding hydrogens is 310 g/mol. The minimum atomic E-state index is -0.472. The molecule has 0 radical (unpaired) electrons. The predicted octanol–water partition coefficient (Wildman–Crippen LogP) is 4.34. The molecule has 122 valence electrons. The summed E-state index contributed by atoms with van der Waals surface area (Å²) in [6.07, 6.45) is 1.48. The van der Waals surface area contributed by atoms with E-state index in [9.17, 15) is 4.79 Å². The second-order valence-electron chi connectivity index (χ2n) is 5.35. The lowest BCUT2D eigenvalue weighted by molar-refractivity contribution is -0.132. The number of esters is 1. The Hall–Kier alpha value is -2.01. The summed E-state index contributed by atoms with van der Waals surface area (Å²) >= 11 is 1.66. The molecule has 1 aliphatic carbocycles. The lowest BCUT2D eigenvalue weighted by Crippen LogP contribution is -2.21. The highest BCUT2D eigenvalue weighted by Crippen LogP contribution is 2.40. The van der Waals surface area contributed by atoms with Crippen LogP contribution in [-0.4, -0.2) is 25.9 Å². The van der Waals surface area contributed by atoms with Crippen LogP contribution in [0.1, 0.15) is 26.7 Å². The second-order valence-corrected chi connectivity index (χ2v) is 6.51. The Balaban J connectivity index is 2.44. The predicted molar refractivity (Wildman–Crippen MR) is 93.4 cm³/mol. The van der Waals surface area contributed by atoms with E-state index in [1.165, 1.54) is 25.4 Å². The first-order valence-corrected chi connectivity index (χ1v) is 8.18. The number of oxime groups is 1. The van der Waals surface area contributed by atoms with Crippen LogP contribution in [0.4, 0.5) is 0 Å². The number of ether oxygens (including phenoxy) is 1. The average molecular weight is 331 g/mol. The van der Waals surface area contributed by atoms with Crippen LogP contribution in [0.2, 0.25) is 0 Å². The highest BCUT2D eigenvalue weighted by molar-refractivity contribution is 8.03. The molecule has 2 rings (SSSR count). The molecule has 1 aromatic rings. The van der Waals surface area contributed by atoms with E-state index in [2.05, 4.69) is 31.1 Å². The van der Waals surface area contributed by atoms with Gasteiger partial charge in [-0.1, -0.05) is 46.3 Å². The normalized spacial score (nSPS) is 15.7. The highest BCUT2D eigenvalue weighted by atomic mass is 32.2. The van der Waals surface area contributed by atoms with Crippen molar-refractivity contribution in [2.75, 3.05) is 14.2 Å². The van der Waals surface area contributed by atoms with Crippen LogP contribution in [0.15, 0.2) is 62.0 Å². The molecule has 4 nitrogen and oxygen atoms in total. The van der Waals surface area contributed by atoms with Crippen molar-refractivity contribution in [1.82, 2.24) is 0 Å². The molecule has 0 saturated heterocycles. The topological polar surface area (TPSA) is 47.9 Å². The molecule has 23 heavy (non-hydrogen) atoms. The lowest BCUT2D eigenvalue weighted by atomic mass is 9.90. The quantitative estimate of drug-likeness (QED) is 0.348. The number of methoxy groups -OCH3 is 1. The lowest BCUT2D eigenvalue weighted by Gasteiger charge is -2.22. The van der Waals surface area contributed by atoms with Gasteiger partial charge in [0, 0.05) is 16.9 Å². The van der Waals surface area contributed by atoms with Gasteiger partial charge in [0.05, 0.1) is 7.11 Å². The van der Waals surface area contributed by atoms with Crippen LogP contribution < -0.4 is 0 Å². The summed E-state index contributed by atoms with van der Waals surface area (Å²) in [4.78, 5) is 19.2. The third-order valence-electron chi connectivity index (χ3n) is 3.76. The summed E-state index contributed by atoms with van der Waals surface area (Å²) < 4.78 is 4.87. The molecule has 1 aromatic carbocycles. The van der Waals surface area contributed by atoms with Gasteiger partial charge < -0.3 is 9.57 Å². The smallest absolute Gasteiger partial charge is 0.360 e. The van der Waals surface area contributed by atoms with E-state index in [-0.39, 0.29) is 5.71 Å². The van der Waals surface area contributed by atoms with Crippen LogP contribution in [-0.2, 0) is 14.4 Å². The Kier molecular flexibility index (Phi) is 6.04. The Morgan fingerprint density at radius 2 is 1.74 bits per heavy atom. The van der Waals surface area contributed by atoms with Crippen molar-refractivity contribution in [3.8, 4) is 0 Å². The number of nitrogens with zero attached hydrogens (tertiary/aromatic N) is 1. The van der Waals surface area contributed by atoms with Gasteiger partial charge in [0.15, 0.2) is 5.71 Å². The van der Waals surface area contributed by atoms with Crippen molar-refractivity contribution in [2.24, 2.45) is 5.16 Å². The molecule has 0 bridgehead atoms. The number of carbonyl (C=O) groups excluding carboxylic acids is 1. The number of rotatable bonds is 5. The zero-order chi connectivity index (χ0) is 16.8. The monoisotopic (exact) mass is 331 g/mol. The Bertz CT molecular complexity index is 675. The maximum atomic E-state index is 12.1. The van der Waals surface area contributed by atoms with Crippen molar-refractivity contribution in [3.63, 3.8) is 0 Å². The maximum absolute atomic E-state index is 12.1. The van der Waals surface area contributed by atoms with E-state index in [1.807, 2.05) is 18.2 Å². The maximum Gasteiger partial charge on any atom is 0.360 e. The van der Waals surface area contributed by atoms with E-state index in [0.717, 1.165) is 21.8 Å². The van der Waals surface area contributed by atoms with Crippen LogP contribution in [0, 0.1) is 0 Å². The number of allylic oxidation sites excluding steroid dienone is 3. The number of hydrogen-bond acceptors (Lipinski definition) is 5. The number of benzene rings is 1. The van der Waals surface area contributed by atoms with Gasteiger partial charge >= 0.3 is 5.97 Å². The minimum absolute atomic E-state index is 0.250. The van der Waals surface area contributed by atoms with E-state index in [4.69, 9.17) is 9.57 Å². The first-order valence-electron chi connectivity index (χ1n) is 7.36. The molecule has 0 aromatic heterocycles. The van der Waals surface area contributed by atoms with E-state index < -0.39 is 5.97 Å². The van der Waals surface area contributed by atoms with E-state index >= 15 is 0 Å². The van der Waals surface area contributed by atoms with Crippen molar-refractivity contribution < 1.29 is 14.4 Å². The Morgan fingerprint density at radius 1 is 1.09 bits per heavy atom. The number of hydrogen-bond donors (Lipinski definition) is 0. The van der Waals surface area contributed by atoms with Crippen LogP contribution in [0.3, 0.4) is 0 Å². The van der Waals surface area contributed by atoms with Crippen molar-refractivity contribution in [2.45, 2.75) is 31.6 Å². The Labute approximate surface area is 141 Å². The average Bonchev–Trinajstić information content (AvgIpc) is 2.56. The Morgan fingerprint density at radius 3 is 2.35 bits per heavy atom. The largest absolute Gasteiger partial charge is 0.464 e. The molecular formula is C18H21NO3S. The van der Waals surface area contributed by atoms with Gasteiger partial charge in [-0.15, -0.1) is 0 Å². The molecule has 0 spiro atoms. The van der Waals surface area contributed by atoms with Gasteiger partial charge in [-0.05, 0) is 37.3 Å². The molecule has 5 heteroatoms. The van der Waals surface area contributed by atoms with Crippen molar-refractivity contribution >= 4 is 23.4 Å². The third kappa shape index (κ3) is 4.26. The highest BCUT2D eigenvalue weighted by Gasteiger charge is 2.26. The van der Waals surface area contributed by atoms with Crippen LogP contribution in [0.5, 0.6) is 0 Å². The molecule has 0 unspecified atom stereocenters. The van der Waals surface area contributed by atoms with Gasteiger partial charge in [-0.2, -0.15) is 0 Å². The first kappa shape index (κ1) is 17.3. The molecule has 1 aliphatic rings. The van der Waals surface area contributed by atoms with Gasteiger partial charge in [0.25, 0.3) is 0 Å². The molecule has 0 heterocycles. The second kappa shape index (κ2) is 8.02. The number of carbonyl (C=O) groups is 1. The molecule has 0 fully saturated rings. The molecule has 0 atom stereocenters. The molecule has 0 N–H and O–H groups in total. The zero-order valence-corrected chi connectivity index (χ0v) is 14.7. The fraction of sp³-hybridized carbons (Fsp3) is 0.333. The minimum Gasteiger partial charge on any atom is -0.464 e. The summed E-state index contributed by atoms with van der Waals surface area (Å²) in [5, 5.41) is 3.92. The molecule has 0 saturated carbocycles.